The second-order valence-corrected chi connectivity index (χ2v) is 9.63. The molecule has 39 heavy (non-hydrogen) atoms. The number of piperazine rings is 1. The molecule has 1 N–H and O–H groups in total. The molecular formula is C30H37FN4O4. The number of nitrogens with one attached hydrogen (secondary N) is 1. The van der Waals surface area contributed by atoms with Gasteiger partial charge in [-0.2, -0.15) is 0 Å². The van der Waals surface area contributed by atoms with Gasteiger partial charge in [-0.05, 0) is 54.1 Å². The fourth-order valence-electron chi connectivity index (χ4n) is 4.90. The number of rotatable bonds is 10. The third kappa shape index (κ3) is 6.54. The Morgan fingerprint density at radius 1 is 0.897 bits per heavy atom. The highest BCUT2D eigenvalue weighted by Gasteiger charge is 2.26. The molecule has 0 saturated carbocycles. The summed E-state index contributed by atoms with van der Waals surface area (Å²) in [5, 5.41) is 3.12. The Kier molecular flexibility index (Phi) is 9.14. The van der Waals surface area contributed by atoms with Gasteiger partial charge in [0, 0.05) is 63.8 Å². The molecule has 1 atom stereocenters. The van der Waals surface area contributed by atoms with Crippen molar-refractivity contribution in [1.82, 2.24) is 10.2 Å². The molecule has 8 nitrogen and oxygen atoms in total. The standard InChI is InChI=1S/C30H37FN4O4/c1-33(2)24-10-6-21(7-11-24)26(35-16-14-34(15-17-35)25-12-8-23(31)9-13-25)20-32-30(36)22-18-27(37-3)29(39-5)28(19-22)38-4/h6-13,18-19,26H,14-17,20H2,1-5H3,(H,32,36). The second-order valence-electron chi connectivity index (χ2n) is 9.63. The van der Waals surface area contributed by atoms with E-state index >= 15 is 0 Å². The topological polar surface area (TPSA) is 66.5 Å². The summed E-state index contributed by atoms with van der Waals surface area (Å²) >= 11 is 0. The minimum absolute atomic E-state index is 0.0254. The van der Waals surface area contributed by atoms with E-state index in [0.717, 1.165) is 43.1 Å². The van der Waals surface area contributed by atoms with E-state index in [1.807, 2.05) is 26.2 Å². The van der Waals surface area contributed by atoms with E-state index in [1.54, 1.807) is 12.1 Å². The lowest BCUT2D eigenvalue weighted by Gasteiger charge is -2.40. The fraction of sp³-hybridized carbons (Fsp3) is 0.367. The average molecular weight is 537 g/mol. The van der Waals surface area contributed by atoms with Crippen LogP contribution in [0.5, 0.6) is 17.2 Å². The number of carbonyl (C=O) groups is 1. The quantitative estimate of drug-likeness (QED) is 0.416. The van der Waals surface area contributed by atoms with Crippen molar-refractivity contribution < 1.29 is 23.4 Å². The first kappa shape index (κ1) is 28.0. The minimum Gasteiger partial charge on any atom is -0.493 e. The number of ether oxygens (including phenoxy) is 3. The van der Waals surface area contributed by atoms with E-state index in [4.69, 9.17) is 14.2 Å². The van der Waals surface area contributed by atoms with Crippen LogP contribution < -0.4 is 29.3 Å². The molecule has 1 aliphatic rings. The highest BCUT2D eigenvalue weighted by molar-refractivity contribution is 5.95. The van der Waals surface area contributed by atoms with Crippen molar-refractivity contribution in [3.63, 3.8) is 0 Å². The highest BCUT2D eigenvalue weighted by Crippen LogP contribution is 2.38. The molecule has 0 aliphatic carbocycles. The van der Waals surface area contributed by atoms with Crippen LogP contribution in [0.3, 0.4) is 0 Å². The van der Waals surface area contributed by atoms with Crippen LogP contribution in [0.1, 0.15) is 22.0 Å². The first-order valence-electron chi connectivity index (χ1n) is 12.9. The predicted octanol–water partition coefficient (Wildman–Crippen LogP) is 4.21. The van der Waals surface area contributed by atoms with Gasteiger partial charge < -0.3 is 29.3 Å². The van der Waals surface area contributed by atoms with Crippen molar-refractivity contribution in [3.8, 4) is 17.2 Å². The number of nitrogens with zero attached hydrogens (tertiary/aromatic N) is 3. The number of anilines is 2. The summed E-state index contributed by atoms with van der Waals surface area (Å²) in [6, 6.07) is 18.3. The summed E-state index contributed by atoms with van der Waals surface area (Å²) < 4.78 is 29.6. The van der Waals surface area contributed by atoms with Gasteiger partial charge in [0.05, 0.1) is 27.4 Å². The molecule has 1 unspecified atom stereocenters. The smallest absolute Gasteiger partial charge is 0.251 e. The number of carbonyl (C=O) groups excluding carboxylic acids is 1. The maximum atomic E-state index is 13.4. The van der Waals surface area contributed by atoms with Crippen LogP contribution in [-0.4, -0.2) is 79.0 Å². The molecular weight excluding hydrogens is 499 g/mol. The van der Waals surface area contributed by atoms with Crippen molar-refractivity contribution >= 4 is 17.3 Å². The van der Waals surface area contributed by atoms with Gasteiger partial charge in [0.1, 0.15) is 5.82 Å². The van der Waals surface area contributed by atoms with Crippen LogP contribution >= 0.6 is 0 Å². The van der Waals surface area contributed by atoms with Crippen LogP contribution in [0.25, 0.3) is 0 Å². The van der Waals surface area contributed by atoms with Crippen LogP contribution in [0, 0.1) is 5.82 Å². The van der Waals surface area contributed by atoms with Gasteiger partial charge in [0.15, 0.2) is 11.5 Å². The maximum absolute atomic E-state index is 13.4. The zero-order valence-electron chi connectivity index (χ0n) is 23.2. The van der Waals surface area contributed by atoms with E-state index in [0.29, 0.717) is 29.4 Å². The largest absolute Gasteiger partial charge is 0.493 e. The SMILES string of the molecule is COc1cc(C(=O)NCC(c2ccc(N(C)C)cc2)N2CCN(c3ccc(F)cc3)CC2)cc(OC)c1OC. The third-order valence-corrected chi connectivity index (χ3v) is 7.12. The molecule has 1 fully saturated rings. The lowest BCUT2D eigenvalue weighted by molar-refractivity contribution is 0.0929. The minimum atomic E-state index is -0.235. The molecule has 208 valence electrons. The summed E-state index contributed by atoms with van der Waals surface area (Å²) in [5.74, 6) is 0.828. The Labute approximate surface area is 229 Å². The van der Waals surface area contributed by atoms with Gasteiger partial charge >= 0.3 is 0 Å². The molecule has 1 aliphatic heterocycles. The van der Waals surface area contributed by atoms with Gasteiger partial charge in [-0.15, -0.1) is 0 Å². The zero-order chi connectivity index (χ0) is 27.9. The maximum Gasteiger partial charge on any atom is 0.251 e. The van der Waals surface area contributed by atoms with E-state index in [-0.39, 0.29) is 17.8 Å². The number of hydrogen-bond acceptors (Lipinski definition) is 7. The Morgan fingerprint density at radius 3 is 2.00 bits per heavy atom. The summed E-state index contributed by atoms with van der Waals surface area (Å²) in [7, 11) is 8.61. The van der Waals surface area contributed by atoms with Crippen LogP contribution in [0.2, 0.25) is 0 Å². The van der Waals surface area contributed by atoms with E-state index < -0.39 is 0 Å². The molecule has 1 heterocycles. The van der Waals surface area contributed by atoms with E-state index in [9.17, 15) is 9.18 Å². The number of methoxy groups -OCH3 is 3. The summed E-state index contributed by atoms with van der Waals surface area (Å²) in [5.41, 5.74) is 3.67. The van der Waals surface area contributed by atoms with Crippen molar-refractivity contribution in [3.05, 3.63) is 77.6 Å². The third-order valence-electron chi connectivity index (χ3n) is 7.12. The highest BCUT2D eigenvalue weighted by atomic mass is 19.1. The van der Waals surface area contributed by atoms with Crippen molar-refractivity contribution in [2.75, 3.05) is 77.9 Å². The van der Waals surface area contributed by atoms with Crippen LogP contribution in [0.4, 0.5) is 15.8 Å². The lowest BCUT2D eigenvalue weighted by atomic mass is 10.0. The second kappa shape index (κ2) is 12.7. The number of benzene rings is 3. The van der Waals surface area contributed by atoms with Gasteiger partial charge in [-0.25, -0.2) is 4.39 Å². The number of hydrogen-bond donors (Lipinski definition) is 1. The van der Waals surface area contributed by atoms with Crippen molar-refractivity contribution in [2.24, 2.45) is 0 Å². The molecule has 9 heteroatoms. The lowest BCUT2D eigenvalue weighted by Crippen LogP contribution is -2.50. The first-order chi connectivity index (χ1) is 18.8. The van der Waals surface area contributed by atoms with E-state index in [1.165, 1.54) is 33.5 Å². The molecule has 1 saturated heterocycles. The molecule has 0 aromatic heterocycles. The molecule has 0 spiro atoms. The molecule has 0 radical (unpaired) electrons. The zero-order valence-corrected chi connectivity index (χ0v) is 23.2. The van der Waals surface area contributed by atoms with Gasteiger partial charge in [-0.3, -0.25) is 9.69 Å². The fourth-order valence-corrected chi connectivity index (χ4v) is 4.90. The molecule has 1 amide bonds. The Morgan fingerprint density at radius 2 is 1.49 bits per heavy atom. The summed E-state index contributed by atoms with van der Waals surface area (Å²) in [6.07, 6.45) is 0. The van der Waals surface area contributed by atoms with Gasteiger partial charge in [-0.1, -0.05) is 12.1 Å². The Balaban J connectivity index is 1.52. The predicted molar refractivity (Wildman–Crippen MR) is 152 cm³/mol. The monoisotopic (exact) mass is 536 g/mol. The Hall–Kier alpha value is -3.98. The first-order valence-corrected chi connectivity index (χ1v) is 12.9. The Bertz CT molecular complexity index is 1220. The normalized spacial score (nSPS) is 14.5. The average Bonchev–Trinajstić information content (AvgIpc) is 2.97. The van der Waals surface area contributed by atoms with Crippen molar-refractivity contribution in [1.29, 1.82) is 0 Å². The molecule has 3 aromatic carbocycles. The molecule has 4 rings (SSSR count). The van der Waals surface area contributed by atoms with Crippen LogP contribution in [-0.2, 0) is 0 Å². The summed E-state index contributed by atoms with van der Waals surface area (Å²) in [6.45, 7) is 3.64. The molecule has 0 bridgehead atoms. The van der Waals surface area contributed by atoms with Gasteiger partial charge in [0.25, 0.3) is 5.91 Å². The van der Waals surface area contributed by atoms with Crippen molar-refractivity contribution in [2.45, 2.75) is 6.04 Å². The summed E-state index contributed by atoms with van der Waals surface area (Å²) in [4.78, 5) is 20.0. The number of amides is 1. The van der Waals surface area contributed by atoms with Crippen LogP contribution in [0.15, 0.2) is 60.7 Å². The molecule has 3 aromatic rings. The van der Waals surface area contributed by atoms with Gasteiger partial charge in [0.2, 0.25) is 5.75 Å². The number of halogens is 1. The van der Waals surface area contributed by atoms with E-state index in [2.05, 4.69) is 44.3 Å².